The largest absolute Gasteiger partial charge is 0.397 e. The van der Waals surface area contributed by atoms with Crippen molar-refractivity contribution in [3.63, 3.8) is 0 Å². The Hall–Kier alpha value is -2.21. The Kier molecular flexibility index (Phi) is 3.38. The van der Waals surface area contributed by atoms with Gasteiger partial charge in [0.05, 0.1) is 10.7 Å². The monoisotopic (exact) mass is 265 g/mol. The molecular formula is C11H9ClFN5. The Morgan fingerprint density at radius 3 is 2.89 bits per heavy atom. The molecule has 2 aromatic heterocycles. The van der Waals surface area contributed by atoms with Gasteiger partial charge >= 0.3 is 0 Å². The fourth-order valence-corrected chi connectivity index (χ4v) is 1.46. The van der Waals surface area contributed by atoms with Gasteiger partial charge in [-0.2, -0.15) is 4.39 Å². The summed E-state index contributed by atoms with van der Waals surface area (Å²) >= 11 is 5.70. The van der Waals surface area contributed by atoms with Crippen LogP contribution < -0.4 is 11.5 Å². The first-order chi connectivity index (χ1) is 8.58. The fourth-order valence-electron chi connectivity index (χ4n) is 1.30. The molecule has 0 bridgehead atoms. The van der Waals surface area contributed by atoms with Gasteiger partial charge in [0, 0.05) is 12.4 Å². The number of hydrogen-bond donors (Lipinski definition) is 2. The molecule has 0 fully saturated rings. The van der Waals surface area contributed by atoms with Crippen LogP contribution in [0.2, 0.25) is 5.02 Å². The molecule has 0 amide bonds. The normalized spacial score (nSPS) is 11.6. The Labute approximate surface area is 107 Å². The van der Waals surface area contributed by atoms with E-state index >= 15 is 0 Å². The number of nitrogens with two attached hydrogens (primary N) is 2. The summed E-state index contributed by atoms with van der Waals surface area (Å²) in [6.45, 7) is 0. The van der Waals surface area contributed by atoms with Crippen LogP contribution in [-0.2, 0) is 0 Å². The van der Waals surface area contributed by atoms with E-state index in [9.17, 15) is 4.39 Å². The number of pyridine rings is 2. The molecule has 5 nitrogen and oxygen atoms in total. The summed E-state index contributed by atoms with van der Waals surface area (Å²) in [5.41, 5.74) is 12.0. The molecule has 0 atom stereocenters. The maximum atomic E-state index is 13.4. The van der Waals surface area contributed by atoms with Crippen molar-refractivity contribution < 1.29 is 4.39 Å². The highest BCUT2D eigenvalue weighted by molar-refractivity contribution is 6.30. The van der Waals surface area contributed by atoms with Crippen LogP contribution >= 0.6 is 11.6 Å². The number of anilines is 1. The zero-order valence-corrected chi connectivity index (χ0v) is 9.89. The third-order valence-electron chi connectivity index (χ3n) is 2.11. The maximum Gasteiger partial charge on any atom is 0.238 e. The Morgan fingerprint density at radius 2 is 2.17 bits per heavy atom. The first-order valence-electron chi connectivity index (χ1n) is 4.94. The Bertz CT molecular complexity index is 614. The molecule has 0 radical (unpaired) electrons. The van der Waals surface area contributed by atoms with E-state index in [1.54, 1.807) is 12.1 Å². The topological polar surface area (TPSA) is 90.2 Å². The quantitative estimate of drug-likeness (QED) is 0.493. The predicted octanol–water partition coefficient (Wildman–Crippen LogP) is 1.89. The van der Waals surface area contributed by atoms with Crippen molar-refractivity contribution >= 4 is 28.8 Å². The number of aromatic nitrogens is 2. The number of aliphatic imine (C=N–C) groups is 1. The number of nitrogen functional groups attached to an aromatic ring is 1. The van der Waals surface area contributed by atoms with Crippen molar-refractivity contribution in [3.8, 4) is 0 Å². The molecule has 4 N–H and O–H groups in total. The van der Waals surface area contributed by atoms with Gasteiger partial charge in [-0.15, -0.1) is 0 Å². The van der Waals surface area contributed by atoms with Gasteiger partial charge in [-0.3, -0.25) is 4.98 Å². The lowest BCUT2D eigenvalue weighted by molar-refractivity contribution is 0.586. The van der Waals surface area contributed by atoms with Crippen molar-refractivity contribution in [1.29, 1.82) is 0 Å². The minimum atomic E-state index is -0.767. The Balaban J connectivity index is 2.45. The molecule has 92 valence electrons. The lowest BCUT2D eigenvalue weighted by Crippen LogP contribution is -2.17. The zero-order chi connectivity index (χ0) is 13.1. The van der Waals surface area contributed by atoms with Crippen LogP contribution in [0.15, 0.2) is 35.6 Å². The van der Waals surface area contributed by atoms with Crippen molar-refractivity contribution in [2.75, 3.05) is 5.73 Å². The molecule has 2 rings (SSSR count). The number of amidine groups is 1. The SMILES string of the molecule is NC(=Nc1cc(Cl)cnc1F)c1ncccc1N. The standard InChI is InChI=1S/C11H9ClFN5/c12-6-4-8(10(13)17-5-6)18-11(15)9-7(14)2-1-3-16-9/h1-5H,14H2,(H2,15,18). The molecule has 0 aliphatic carbocycles. The molecule has 0 unspecified atom stereocenters. The van der Waals surface area contributed by atoms with Crippen LogP contribution in [-0.4, -0.2) is 15.8 Å². The van der Waals surface area contributed by atoms with Gasteiger partial charge in [0.15, 0.2) is 5.84 Å². The number of halogens is 2. The van der Waals surface area contributed by atoms with Gasteiger partial charge in [0.2, 0.25) is 5.95 Å². The lowest BCUT2D eigenvalue weighted by Gasteiger charge is -2.03. The molecule has 2 heterocycles. The molecule has 0 saturated carbocycles. The van der Waals surface area contributed by atoms with Crippen molar-refractivity contribution in [3.05, 3.63) is 47.3 Å². The van der Waals surface area contributed by atoms with Crippen LogP contribution in [0.3, 0.4) is 0 Å². The zero-order valence-electron chi connectivity index (χ0n) is 9.14. The second-order valence-electron chi connectivity index (χ2n) is 3.40. The summed E-state index contributed by atoms with van der Waals surface area (Å²) in [5.74, 6) is -0.770. The molecule has 0 saturated heterocycles. The van der Waals surface area contributed by atoms with E-state index in [0.717, 1.165) is 0 Å². The first kappa shape index (κ1) is 12.3. The summed E-state index contributed by atoms with van der Waals surface area (Å²) in [4.78, 5) is 11.3. The highest BCUT2D eigenvalue weighted by Gasteiger charge is 2.08. The van der Waals surface area contributed by atoms with E-state index in [0.29, 0.717) is 5.69 Å². The van der Waals surface area contributed by atoms with Gasteiger partial charge in [-0.1, -0.05) is 11.6 Å². The van der Waals surface area contributed by atoms with Crippen molar-refractivity contribution in [2.24, 2.45) is 10.7 Å². The van der Waals surface area contributed by atoms with Crippen LogP contribution in [0.5, 0.6) is 0 Å². The maximum absolute atomic E-state index is 13.4. The number of rotatable bonds is 2. The van der Waals surface area contributed by atoms with Crippen molar-refractivity contribution in [1.82, 2.24) is 9.97 Å². The minimum Gasteiger partial charge on any atom is -0.397 e. The summed E-state index contributed by atoms with van der Waals surface area (Å²) < 4.78 is 13.4. The van der Waals surface area contributed by atoms with E-state index in [-0.39, 0.29) is 22.2 Å². The summed E-state index contributed by atoms with van der Waals surface area (Å²) in [6, 6.07) is 4.60. The van der Waals surface area contributed by atoms with Crippen LogP contribution in [0.4, 0.5) is 15.8 Å². The van der Waals surface area contributed by atoms with Crippen LogP contribution in [0.25, 0.3) is 0 Å². The van der Waals surface area contributed by atoms with Gasteiger partial charge < -0.3 is 11.5 Å². The molecule has 2 aromatic rings. The number of nitrogens with zero attached hydrogens (tertiary/aromatic N) is 3. The highest BCUT2D eigenvalue weighted by atomic mass is 35.5. The van der Waals surface area contributed by atoms with Gasteiger partial charge in [0.1, 0.15) is 11.4 Å². The first-order valence-corrected chi connectivity index (χ1v) is 5.32. The summed E-state index contributed by atoms with van der Waals surface area (Å²) in [5, 5.41) is 0.261. The fraction of sp³-hybridized carbons (Fsp3) is 0. The molecule has 0 aliphatic rings. The van der Waals surface area contributed by atoms with E-state index < -0.39 is 5.95 Å². The summed E-state index contributed by atoms with van der Waals surface area (Å²) in [6.07, 6.45) is 2.70. The van der Waals surface area contributed by atoms with Crippen molar-refractivity contribution in [2.45, 2.75) is 0 Å². The average Bonchev–Trinajstić information content (AvgIpc) is 2.34. The smallest absolute Gasteiger partial charge is 0.238 e. The average molecular weight is 266 g/mol. The van der Waals surface area contributed by atoms with Crippen LogP contribution in [0.1, 0.15) is 5.69 Å². The molecular weight excluding hydrogens is 257 g/mol. The van der Waals surface area contributed by atoms with E-state index in [1.165, 1.54) is 18.5 Å². The molecule has 0 aliphatic heterocycles. The van der Waals surface area contributed by atoms with Gasteiger partial charge in [0.25, 0.3) is 0 Å². The Morgan fingerprint density at radius 1 is 1.39 bits per heavy atom. The molecule has 0 spiro atoms. The lowest BCUT2D eigenvalue weighted by atomic mass is 10.3. The van der Waals surface area contributed by atoms with E-state index in [1.807, 2.05) is 0 Å². The van der Waals surface area contributed by atoms with E-state index in [2.05, 4.69) is 15.0 Å². The second kappa shape index (κ2) is 4.97. The van der Waals surface area contributed by atoms with Crippen LogP contribution in [0, 0.1) is 5.95 Å². The predicted molar refractivity (Wildman–Crippen MR) is 68.2 cm³/mol. The summed E-state index contributed by atoms with van der Waals surface area (Å²) in [7, 11) is 0. The third-order valence-corrected chi connectivity index (χ3v) is 2.32. The van der Waals surface area contributed by atoms with Gasteiger partial charge in [-0.25, -0.2) is 9.98 Å². The second-order valence-corrected chi connectivity index (χ2v) is 3.84. The molecule has 0 aromatic carbocycles. The highest BCUT2D eigenvalue weighted by Crippen LogP contribution is 2.21. The van der Waals surface area contributed by atoms with E-state index in [4.69, 9.17) is 23.1 Å². The minimum absolute atomic E-state index is 0.00364. The number of hydrogen-bond acceptors (Lipinski definition) is 4. The molecule has 18 heavy (non-hydrogen) atoms. The van der Waals surface area contributed by atoms with Gasteiger partial charge in [-0.05, 0) is 18.2 Å². The molecule has 7 heteroatoms. The third kappa shape index (κ3) is 2.54.